The summed E-state index contributed by atoms with van der Waals surface area (Å²) >= 11 is 0. The van der Waals surface area contributed by atoms with Gasteiger partial charge in [-0.1, -0.05) is 239 Å². The Morgan fingerprint density at radius 1 is 0.254 bits per heavy atom. The largest absolute Gasteiger partial charge is 0.310 e. The lowest BCUT2D eigenvalue weighted by Crippen LogP contribution is -2.37. The summed E-state index contributed by atoms with van der Waals surface area (Å²) in [5.74, 6) is 0. The topological polar surface area (TPSA) is 6.48 Å². The number of hydrogen-bond acceptors (Lipinski definition) is 2. The molecule has 2 aliphatic heterocycles. The Hall–Kier alpha value is -8.20. The van der Waals surface area contributed by atoms with E-state index in [4.69, 9.17) is 0 Å². The summed E-state index contributed by atoms with van der Waals surface area (Å²) in [6.45, 7) is 4.25. The lowest BCUT2D eigenvalue weighted by molar-refractivity contribution is 0.731. The molecule has 0 aliphatic carbocycles. The van der Waals surface area contributed by atoms with Crippen LogP contribution in [0.25, 0.3) is 11.1 Å². The predicted octanol–water partition coefficient (Wildman–Crippen LogP) is 17.1. The number of rotatable bonds is 7. The maximum Gasteiger partial charge on any atom is 0.0742 e. The highest BCUT2D eigenvalue weighted by atomic mass is 15.2. The van der Waals surface area contributed by atoms with Crippen LogP contribution >= 0.6 is 0 Å². The number of para-hydroxylation sites is 4. The van der Waals surface area contributed by atoms with Gasteiger partial charge in [0.15, 0.2) is 0 Å². The van der Waals surface area contributed by atoms with Gasteiger partial charge in [-0.15, -0.1) is 0 Å². The van der Waals surface area contributed by atoms with Crippen molar-refractivity contribution in [3.05, 3.63) is 311 Å². The van der Waals surface area contributed by atoms with Crippen LogP contribution in [-0.4, -0.2) is 0 Å². The van der Waals surface area contributed by atoms with E-state index in [1.54, 1.807) is 0 Å². The Morgan fingerprint density at radius 2 is 0.463 bits per heavy atom. The van der Waals surface area contributed by atoms with Gasteiger partial charge in [-0.25, -0.2) is 0 Å². The molecule has 0 atom stereocenters. The summed E-state index contributed by atoms with van der Waals surface area (Å²) in [4.78, 5) is 4.88. The van der Waals surface area contributed by atoms with Crippen LogP contribution in [0.2, 0.25) is 0 Å². The molecular formula is C65H52N2. The minimum atomic E-state index is -0.492. The van der Waals surface area contributed by atoms with Gasteiger partial charge in [-0.05, 0) is 104 Å². The van der Waals surface area contributed by atoms with Gasteiger partial charge in [0.1, 0.15) is 0 Å². The normalized spacial score (nSPS) is 13.8. The zero-order chi connectivity index (χ0) is 45.2. The van der Waals surface area contributed by atoms with E-state index in [9.17, 15) is 0 Å². The second-order valence-corrected chi connectivity index (χ2v) is 17.5. The minimum Gasteiger partial charge on any atom is -0.310 e. The summed E-state index contributed by atoms with van der Waals surface area (Å²) in [7, 11) is 0. The van der Waals surface area contributed by atoms with Crippen molar-refractivity contribution in [2.75, 3.05) is 9.80 Å². The Labute approximate surface area is 395 Å². The molecule has 0 amide bonds. The van der Waals surface area contributed by atoms with Crippen molar-refractivity contribution in [1.82, 2.24) is 0 Å². The Morgan fingerprint density at radius 3 is 0.701 bits per heavy atom. The zero-order valence-electron chi connectivity index (χ0n) is 38.0. The van der Waals surface area contributed by atoms with Crippen molar-refractivity contribution in [3.63, 3.8) is 0 Å². The SMILES string of the molecule is CCC.c1ccc(C2(c3ccccc3)c3ccccc3N(c3ccc(-c4ccc(N5c6ccccc6C(c6ccccc6)(c6ccccc6)c6ccccc65)cc4)cc3)c3ccccc32)cc1. The van der Waals surface area contributed by atoms with E-state index in [1.165, 1.54) is 84.8 Å². The molecule has 0 aromatic heterocycles. The van der Waals surface area contributed by atoms with Crippen LogP contribution in [0.3, 0.4) is 0 Å². The fraction of sp³-hybridized carbons (Fsp3) is 0.0769. The van der Waals surface area contributed by atoms with Crippen molar-refractivity contribution < 1.29 is 0 Å². The number of anilines is 6. The maximum absolute atomic E-state index is 2.44. The Bertz CT molecular complexity index is 2870. The van der Waals surface area contributed by atoms with Crippen LogP contribution < -0.4 is 9.80 Å². The average Bonchev–Trinajstić information content (AvgIpc) is 3.41. The van der Waals surface area contributed by atoms with Crippen LogP contribution in [0.4, 0.5) is 34.1 Å². The molecule has 0 spiro atoms. The van der Waals surface area contributed by atoms with Gasteiger partial charge in [0.25, 0.3) is 0 Å². The van der Waals surface area contributed by atoms with E-state index in [1.807, 2.05) is 0 Å². The molecule has 2 nitrogen and oxygen atoms in total. The van der Waals surface area contributed by atoms with E-state index < -0.39 is 10.8 Å². The molecule has 2 heterocycles. The third-order valence-electron chi connectivity index (χ3n) is 13.6. The highest BCUT2D eigenvalue weighted by molar-refractivity contribution is 5.92. The molecule has 0 bridgehead atoms. The van der Waals surface area contributed by atoms with Crippen LogP contribution in [0.5, 0.6) is 0 Å². The average molecular weight is 861 g/mol. The van der Waals surface area contributed by atoms with Crippen molar-refractivity contribution >= 4 is 34.1 Å². The number of benzene rings is 10. The van der Waals surface area contributed by atoms with Crippen molar-refractivity contribution in [2.24, 2.45) is 0 Å². The van der Waals surface area contributed by atoms with Crippen molar-refractivity contribution in [2.45, 2.75) is 31.1 Å². The smallest absolute Gasteiger partial charge is 0.0742 e. The highest BCUT2D eigenvalue weighted by Crippen LogP contribution is 2.59. The van der Waals surface area contributed by atoms with E-state index in [0.717, 1.165) is 11.4 Å². The van der Waals surface area contributed by atoms with Crippen LogP contribution in [0, 0.1) is 0 Å². The van der Waals surface area contributed by atoms with Gasteiger partial charge >= 0.3 is 0 Å². The van der Waals surface area contributed by atoms with Crippen molar-refractivity contribution in [3.8, 4) is 11.1 Å². The summed E-state index contributed by atoms with van der Waals surface area (Å²) in [6.07, 6.45) is 1.25. The quantitative estimate of drug-likeness (QED) is 0.158. The molecule has 0 saturated carbocycles. The van der Waals surface area contributed by atoms with Crippen LogP contribution in [-0.2, 0) is 10.8 Å². The first kappa shape index (κ1) is 41.5. The first-order valence-corrected chi connectivity index (χ1v) is 23.6. The number of fused-ring (bicyclic) bond motifs is 4. The molecule has 0 unspecified atom stereocenters. The van der Waals surface area contributed by atoms with E-state index >= 15 is 0 Å². The molecule has 0 fully saturated rings. The van der Waals surface area contributed by atoms with Crippen molar-refractivity contribution in [1.29, 1.82) is 0 Å². The first-order chi connectivity index (χ1) is 33.2. The van der Waals surface area contributed by atoms with E-state index in [-0.39, 0.29) is 0 Å². The predicted molar refractivity (Wildman–Crippen MR) is 281 cm³/mol. The maximum atomic E-state index is 2.44. The lowest BCUT2D eigenvalue weighted by atomic mass is 9.62. The van der Waals surface area contributed by atoms with Gasteiger partial charge in [-0.2, -0.15) is 0 Å². The molecule has 10 aromatic carbocycles. The molecule has 322 valence electrons. The van der Waals surface area contributed by atoms with Crippen LogP contribution in [0.15, 0.2) is 267 Å². The monoisotopic (exact) mass is 860 g/mol. The molecule has 0 radical (unpaired) electrons. The molecular weight excluding hydrogens is 809 g/mol. The second kappa shape index (κ2) is 17.6. The fourth-order valence-electron chi connectivity index (χ4n) is 11.0. The Kier molecular flexibility index (Phi) is 10.9. The zero-order valence-corrected chi connectivity index (χ0v) is 38.0. The van der Waals surface area contributed by atoms with E-state index in [0.29, 0.717) is 0 Å². The van der Waals surface area contributed by atoms with Crippen LogP contribution in [0.1, 0.15) is 64.8 Å². The Balaban J connectivity index is 0.00000161. The number of nitrogens with zero attached hydrogens (tertiary/aromatic N) is 2. The summed E-state index contributed by atoms with van der Waals surface area (Å²) < 4.78 is 0. The summed E-state index contributed by atoms with van der Waals surface area (Å²) in [5, 5.41) is 0. The minimum absolute atomic E-state index is 0.492. The van der Waals surface area contributed by atoms with E-state index in [2.05, 4.69) is 291 Å². The fourth-order valence-corrected chi connectivity index (χ4v) is 11.0. The lowest BCUT2D eigenvalue weighted by Gasteiger charge is -2.46. The standard InChI is InChI=1S/C62H44N2.C3H8/c1-5-21-47(22-6-1)61(48-23-7-2-8-24-48)53-29-13-17-33-57(53)63(58-34-18-14-30-54(58)61)51-41-37-45(38-42-51)46-39-43-52(44-40-46)64-59-35-19-15-31-55(59)62(49-25-9-3-10-26-49,50-27-11-4-12-28-50)56-32-16-20-36-60(56)64;1-3-2/h1-44H;3H2,1-2H3. The van der Waals surface area contributed by atoms with Gasteiger partial charge in [0.05, 0.1) is 33.6 Å². The summed E-state index contributed by atoms with van der Waals surface area (Å²) in [5.41, 5.74) is 18.4. The molecule has 0 N–H and O–H groups in total. The third kappa shape index (κ3) is 6.71. The van der Waals surface area contributed by atoms with Gasteiger partial charge < -0.3 is 9.80 Å². The van der Waals surface area contributed by atoms with Gasteiger partial charge in [0.2, 0.25) is 0 Å². The molecule has 2 heteroatoms. The summed E-state index contributed by atoms with van der Waals surface area (Å²) in [6, 6.07) is 97.9. The molecule has 0 saturated heterocycles. The first-order valence-electron chi connectivity index (χ1n) is 23.6. The second-order valence-electron chi connectivity index (χ2n) is 17.5. The number of hydrogen-bond donors (Lipinski definition) is 0. The molecule has 12 rings (SSSR count). The molecule has 2 aliphatic rings. The van der Waals surface area contributed by atoms with Gasteiger partial charge in [0, 0.05) is 11.4 Å². The molecule has 67 heavy (non-hydrogen) atoms. The third-order valence-corrected chi connectivity index (χ3v) is 13.6. The highest BCUT2D eigenvalue weighted by Gasteiger charge is 2.47. The van der Waals surface area contributed by atoms with Gasteiger partial charge in [-0.3, -0.25) is 0 Å². The molecule has 10 aromatic rings.